The van der Waals surface area contributed by atoms with Crippen molar-refractivity contribution < 1.29 is 21.9 Å². The molecule has 1 aromatic carbocycles. The van der Waals surface area contributed by atoms with Crippen molar-refractivity contribution in [3.63, 3.8) is 0 Å². The number of ether oxygens (including phenoxy) is 1. The van der Waals surface area contributed by atoms with Gasteiger partial charge in [-0.3, -0.25) is 0 Å². The Balaban J connectivity index is 1.90. The third kappa shape index (κ3) is 5.19. The molecule has 0 bridgehead atoms. The number of benzene rings is 1. The van der Waals surface area contributed by atoms with Gasteiger partial charge in [0.25, 0.3) is 6.43 Å². The average molecular weight is 334 g/mol. The lowest BCUT2D eigenvalue weighted by molar-refractivity contribution is 0.0819. The topological polar surface area (TPSA) is 67.4 Å². The van der Waals surface area contributed by atoms with E-state index in [9.17, 15) is 17.2 Å². The van der Waals surface area contributed by atoms with E-state index in [1.54, 1.807) is 0 Å². The predicted octanol–water partition coefficient (Wildman–Crippen LogP) is 1.61. The van der Waals surface area contributed by atoms with Gasteiger partial charge in [0.2, 0.25) is 10.0 Å². The molecule has 0 aromatic heterocycles. The maximum atomic E-state index is 12.2. The molecule has 0 spiro atoms. The van der Waals surface area contributed by atoms with Gasteiger partial charge in [0, 0.05) is 6.54 Å². The van der Waals surface area contributed by atoms with Crippen LogP contribution in [0.15, 0.2) is 29.2 Å². The summed E-state index contributed by atoms with van der Waals surface area (Å²) in [6.45, 7) is 1.46. The summed E-state index contributed by atoms with van der Waals surface area (Å²) in [6, 6.07) is 5.45. The first-order valence-electron chi connectivity index (χ1n) is 7.19. The number of sulfonamides is 1. The molecule has 8 heteroatoms. The van der Waals surface area contributed by atoms with Crippen molar-refractivity contribution in [3.8, 4) is 5.75 Å². The number of alkyl halides is 2. The summed E-state index contributed by atoms with van der Waals surface area (Å²) in [4.78, 5) is 0.0978. The third-order valence-corrected chi connectivity index (χ3v) is 4.91. The molecule has 22 heavy (non-hydrogen) atoms. The van der Waals surface area contributed by atoms with Crippen LogP contribution in [0.2, 0.25) is 0 Å². The maximum absolute atomic E-state index is 12.2. The normalized spacial score (nSPS) is 19.3. The van der Waals surface area contributed by atoms with E-state index < -0.39 is 23.1 Å². The molecule has 1 aliphatic rings. The average Bonchev–Trinajstić information content (AvgIpc) is 2.52. The quantitative estimate of drug-likeness (QED) is 0.795. The molecule has 0 amide bonds. The molecule has 2 N–H and O–H groups in total. The smallest absolute Gasteiger partial charge is 0.272 e. The number of hydrogen-bond acceptors (Lipinski definition) is 4. The summed E-state index contributed by atoms with van der Waals surface area (Å²) in [5.41, 5.74) is 0. The predicted molar refractivity (Wildman–Crippen MR) is 78.7 cm³/mol. The second-order valence-corrected chi connectivity index (χ2v) is 7.00. The van der Waals surface area contributed by atoms with E-state index in [1.807, 2.05) is 0 Å². The lowest BCUT2D eigenvalue weighted by atomic mass is 10.0. The molecule has 0 aliphatic carbocycles. The van der Waals surface area contributed by atoms with Crippen LogP contribution in [-0.4, -0.2) is 41.1 Å². The van der Waals surface area contributed by atoms with Crippen LogP contribution in [0.1, 0.15) is 12.8 Å². The largest absolute Gasteiger partial charge is 0.488 e. The first-order valence-corrected chi connectivity index (χ1v) is 8.67. The summed E-state index contributed by atoms with van der Waals surface area (Å²) < 4.78 is 55.8. The summed E-state index contributed by atoms with van der Waals surface area (Å²) >= 11 is 0. The highest BCUT2D eigenvalue weighted by atomic mass is 32.2. The van der Waals surface area contributed by atoms with Crippen LogP contribution < -0.4 is 14.8 Å². The third-order valence-electron chi connectivity index (χ3n) is 3.47. The van der Waals surface area contributed by atoms with Crippen molar-refractivity contribution in [3.05, 3.63) is 24.3 Å². The Hall–Kier alpha value is -1.25. The number of piperidine rings is 1. The molecule has 5 nitrogen and oxygen atoms in total. The highest BCUT2D eigenvalue weighted by Crippen LogP contribution is 2.17. The minimum Gasteiger partial charge on any atom is -0.488 e. The van der Waals surface area contributed by atoms with Crippen LogP contribution >= 0.6 is 0 Å². The zero-order valence-corrected chi connectivity index (χ0v) is 12.9. The molecule has 1 heterocycles. The molecular weight excluding hydrogens is 314 g/mol. The standard InChI is InChI=1S/C14H20F2N2O3S/c15-14(16)10-21-12-3-5-13(6-4-12)22(19,20)18-9-11-2-1-7-17-8-11/h3-6,11,14,17-18H,1-2,7-10H2. The van der Waals surface area contributed by atoms with Crippen molar-refractivity contribution in [2.24, 2.45) is 5.92 Å². The Morgan fingerprint density at radius 2 is 2.05 bits per heavy atom. The van der Waals surface area contributed by atoms with Gasteiger partial charge in [0.15, 0.2) is 0 Å². The van der Waals surface area contributed by atoms with E-state index in [0.29, 0.717) is 6.54 Å². The van der Waals surface area contributed by atoms with Crippen LogP contribution in [0, 0.1) is 5.92 Å². The summed E-state index contributed by atoms with van der Waals surface area (Å²) in [5, 5.41) is 3.23. The van der Waals surface area contributed by atoms with Gasteiger partial charge in [-0.15, -0.1) is 0 Å². The molecule has 1 aliphatic heterocycles. The molecule has 0 radical (unpaired) electrons. The van der Waals surface area contributed by atoms with Gasteiger partial charge in [-0.2, -0.15) is 0 Å². The molecule has 1 unspecified atom stereocenters. The Kier molecular flexibility index (Phi) is 6.10. The first kappa shape index (κ1) is 17.1. The fraction of sp³-hybridized carbons (Fsp3) is 0.571. The Labute approximate surface area is 129 Å². The van der Waals surface area contributed by atoms with E-state index in [1.165, 1.54) is 24.3 Å². The van der Waals surface area contributed by atoms with Gasteiger partial charge in [-0.05, 0) is 56.1 Å². The van der Waals surface area contributed by atoms with Crippen molar-refractivity contribution in [2.45, 2.75) is 24.2 Å². The van der Waals surface area contributed by atoms with Crippen LogP contribution in [-0.2, 0) is 10.0 Å². The molecule has 0 saturated carbocycles. The Morgan fingerprint density at radius 1 is 1.32 bits per heavy atom. The molecule has 124 valence electrons. The lowest BCUT2D eigenvalue weighted by Gasteiger charge is -2.22. The molecule has 1 fully saturated rings. The maximum Gasteiger partial charge on any atom is 0.272 e. The van der Waals surface area contributed by atoms with Crippen LogP contribution in [0.25, 0.3) is 0 Å². The summed E-state index contributed by atoms with van der Waals surface area (Å²) in [5.74, 6) is 0.507. The second-order valence-electron chi connectivity index (χ2n) is 5.24. The van der Waals surface area contributed by atoms with Crippen molar-refractivity contribution in [1.29, 1.82) is 0 Å². The van der Waals surface area contributed by atoms with E-state index in [2.05, 4.69) is 10.0 Å². The van der Waals surface area contributed by atoms with Crippen molar-refractivity contribution in [2.75, 3.05) is 26.2 Å². The van der Waals surface area contributed by atoms with Crippen molar-refractivity contribution in [1.82, 2.24) is 10.0 Å². The van der Waals surface area contributed by atoms with Gasteiger partial charge >= 0.3 is 0 Å². The van der Waals surface area contributed by atoms with E-state index >= 15 is 0 Å². The lowest BCUT2D eigenvalue weighted by Crippen LogP contribution is -2.38. The SMILES string of the molecule is O=S(=O)(NCC1CCCNC1)c1ccc(OCC(F)F)cc1. The number of hydrogen-bond donors (Lipinski definition) is 2. The highest BCUT2D eigenvalue weighted by Gasteiger charge is 2.18. The number of rotatable bonds is 7. The minimum atomic E-state index is -3.59. The van der Waals surface area contributed by atoms with Gasteiger partial charge in [-0.1, -0.05) is 0 Å². The van der Waals surface area contributed by atoms with Gasteiger partial charge in [0.1, 0.15) is 12.4 Å². The van der Waals surface area contributed by atoms with E-state index in [4.69, 9.17) is 4.74 Å². The van der Waals surface area contributed by atoms with Crippen LogP contribution in [0.4, 0.5) is 8.78 Å². The van der Waals surface area contributed by atoms with Crippen molar-refractivity contribution >= 4 is 10.0 Å². The van der Waals surface area contributed by atoms with Crippen LogP contribution in [0.5, 0.6) is 5.75 Å². The number of halogens is 2. The second kappa shape index (κ2) is 7.85. The molecular formula is C14H20F2N2O3S. The van der Waals surface area contributed by atoms with Gasteiger partial charge in [-0.25, -0.2) is 21.9 Å². The molecule has 1 saturated heterocycles. The minimum absolute atomic E-state index is 0.0978. The van der Waals surface area contributed by atoms with E-state index in [-0.39, 0.29) is 16.6 Å². The van der Waals surface area contributed by atoms with Gasteiger partial charge in [0.05, 0.1) is 4.90 Å². The monoisotopic (exact) mass is 334 g/mol. The zero-order valence-electron chi connectivity index (χ0n) is 12.1. The summed E-state index contributed by atoms with van der Waals surface area (Å²) in [6.07, 6.45) is -0.521. The zero-order chi connectivity index (χ0) is 16.0. The fourth-order valence-corrected chi connectivity index (χ4v) is 3.40. The van der Waals surface area contributed by atoms with E-state index in [0.717, 1.165) is 25.9 Å². The number of nitrogens with one attached hydrogen (secondary N) is 2. The molecule has 1 atom stereocenters. The molecule has 1 aromatic rings. The Bertz CT molecular complexity index is 558. The Morgan fingerprint density at radius 3 is 2.64 bits per heavy atom. The molecule has 2 rings (SSSR count). The first-order chi connectivity index (χ1) is 10.5. The summed E-state index contributed by atoms with van der Waals surface area (Å²) in [7, 11) is -3.59. The highest BCUT2D eigenvalue weighted by molar-refractivity contribution is 7.89. The fourth-order valence-electron chi connectivity index (χ4n) is 2.28. The van der Waals surface area contributed by atoms with Crippen LogP contribution in [0.3, 0.4) is 0 Å². The van der Waals surface area contributed by atoms with Gasteiger partial charge < -0.3 is 10.1 Å².